The zero-order valence-corrected chi connectivity index (χ0v) is 10.3. The number of unbranched alkanes of at least 4 members (excludes halogenated alkanes) is 3. The fraction of sp³-hybridized carbons (Fsp3) is 0.833. The molecule has 1 heteroatoms. The maximum Gasteiger partial charge on any atom is 0.00686 e. The van der Waals surface area contributed by atoms with Gasteiger partial charge in [-0.25, -0.2) is 0 Å². The topological polar surface area (TPSA) is 26.0 Å². The van der Waals surface area contributed by atoms with Gasteiger partial charge in [-0.2, -0.15) is 0 Å². The summed E-state index contributed by atoms with van der Waals surface area (Å²) in [7, 11) is 0. The van der Waals surface area contributed by atoms with Crippen molar-refractivity contribution in [1.82, 2.24) is 0 Å². The molecule has 0 saturated heterocycles. The van der Waals surface area contributed by atoms with E-state index in [4.69, 9.17) is 5.73 Å². The van der Waals surface area contributed by atoms with E-state index in [2.05, 4.69) is 27.0 Å². The van der Waals surface area contributed by atoms with Crippen molar-refractivity contribution < 1.29 is 0 Å². The molecule has 0 aliphatic rings. The van der Waals surface area contributed by atoms with E-state index >= 15 is 0 Å². The molecule has 0 heterocycles. The van der Waals surface area contributed by atoms with E-state index < -0.39 is 0 Å². The van der Waals surface area contributed by atoms with Crippen molar-refractivity contribution in [1.29, 1.82) is 0 Å². The molecule has 0 fully saturated rings. The largest absolute Gasteiger partial charge is 0.326 e. The number of rotatable bonds is 3. The molecule has 0 spiro atoms. The summed E-state index contributed by atoms with van der Waals surface area (Å²) in [6.45, 7) is 16.4. The van der Waals surface area contributed by atoms with Crippen LogP contribution in [0.25, 0.3) is 0 Å². The second-order valence-corrected chi connectivity index (χ2v) is 4.07. The zero-order valence-electron chi connectivity index (χ0n) is 10.3. The summed E-state index contributed by atoms with van der Waals surface area (Å²) in [5.41, 5.74) is 5.35. The van der Waals surface area contributed by atoms with Crippen molar-refractivity contribution in [3.63, 3.8) is 0 Å². The number of hydrogen-bond donors (Lipinski definition) is 1. The van der Waals surface area contributed by atoms with Gasteiger partial charge in [0, 0.05) is 5.54 Å². The molecular formula is C12H29N. The van der Waals surface area contributed by atoms with E-state index in [0.29, 0.717) is 0 Å². The molecule has 0 aliphatic carbocycles. The molecule has 0 atom stereocenters. The van der Waals surface area contributed by atoms with Crippen LogP contribution in [-0.4, -0.2) is 5.54 Å². The van der Waals surface area contributed by atoms with Crippen molar-refractivity contribution in [2.24, 2.45) is 5.73 Å². The molecule has 0 aliphatic heterocycles. The van der Waals surface area contributed by atoms with Gasteiger partial charge in [0.1, 0.15) is 0 Å². The lowest BCUT2D eigenvalue weighted by Gasteiger charge is -2.06. The Morgan fingerprint density at radius 3 is 1.15 bits per heavy atom. The Morgan fingerprint density at radius 1 is 0.923 bits per heavy atom. The highest BCUT2D eigenvalue weighted by Crippen LogP contribution is 1.95. The van der Waals surface area contributed by atoms with Crippen molar-refractivity contribution in [3.05, 3.63) is 13.2 Å². The SMILES string of the molecule is C=C.CC(C)(C)N.CCCCCC. The monoisotopic (exact) mass is 187 g/mol. The van der Waals surface area contributed by atoms with E-state index in [-0.39, 0.29) is 5.54 Å². The summed E-state index contributed by atoms with van der Waals surface area (Å²) in [5, 5.41) is 0. The van der Waals surface area contributed by atoms with Crippen LogP contribution in [-0.2, 0) is 0 Å². The van der Waals surface area contributed by atoms with Crippen molar-refractivity contribution in [2.45, 2.75) is 65.8 Å². The summed E-state index contributed by atoms with van der Waals surface area (Å²) >= 11 is 0. The second kappa shape index (κ2) is 14.2. The highest BCUT2D eigenvalue weighted by Gasteiger charge is 1.95. The van der Waals surface area contributed by atoms with Crippen LogP contribution in [0.3, 0.4) is 0 Å². The third-order valence-corrected chi connectivity index (χ3v) is 0.957. The lowest BCUT2D eigenvalue weighted by atomic mass is 10.1. The van der Waals surface area contributed by atoms with Gasteiger partial charge in [0.05, 0.1) is 0 Å². The first kappa shape index (κ1) is 18.5. The molecule has 82 valence electrons. The Morgan fingerprint density at radius 2 is 1.08 bits per heavy atom. The Bertz CT molecular complexity index is 61.7. The normalized spacial score (nSPS) is 9.08. The second-order valence-electron chi connectivity index (χ2n) is 4.07. The van der Waals surface area contributed by atoms with E-state index in [1.54, 1.807) is 0 Å². The zero-order chi connectivity index (χ0) is 11.3. The maximum atomic E-state index is 5.35. The van der Waals surface area contributed by atoms with E-state index in [9.17, 15) is 0 Å². The van der Waals surface area contributed by atoms with Crippen LogP contribution in [0, 0.1) is 0 Å². The average molecular weight is 187 g/mol. The predicted octanol–water partition coefficient (Wildman–Crippen LogP) is 4.13. The first-order valence-electron chi connectivity index (χ1n) is 5.20. The molecule has 0 amide bonds. The van der Waals surface area contributed by atoms with Gasteiger partial charge in [-0.15, -0.1) is 13.2 Å². The minimum atomic E-state index is 0. The van der Waals surface area contributed by atoms with Gasteiger partial charge < -0.3 is 5.73 Å². The summed E-state index contributed by atoms with van der Waals surface area (Å²) in [6, 6.07) is 0. The Labute approximate surface area is 85.4 Å². The van der Waals surface area contributed by atoms with Crippen molar-refractivity contribution >= 4 is 0 Å². The molecule has 0 aromatic heterocycles. The number of hydrogen-bond acceptors (Lipinski definition) is 1. The summed E-state index contributed by atoms with van der Waals surface area (Å²) in [5.74, 6) is 0. The summed E-state index contributed by atoms with van der Waals surface area (Å²) in [6.07, 6.45) is 5.54. The Balaban J connectivity index is -0.000000131. The van der Waals surface area contributed by atoms with Crippen LogP contribution in [0.2, 0.25) is 0 Å². The highest BCUT2D eigenvalue weighted by atomic mass is 14.7. The summed E-state index contributed by atoms with van der Waals surface area (Å²) < 4.78 is 0. The van der Waals surface area contributed by atoms with Crippen LogP contribution < -0.4 is 5.73 Å². The van der Waals surface area contributed by atoms with Gasteiger partial charge in [-0.3, -0.25) is 0 Å². The van der Waals surface area contributed by atoms with Gasteiger partial charge in [0.25, 0.3) is 0 Å². The molecule has 13 heavy (non-hydrogen) atoms. The average Bonchev–Trinajstić information content (AvgIpc) is 2.02. The lowest BCUT2D eigenvalue weighted by Crippen LogP contribution is -2.26. The fourth-order valence-electron chi connectivity index (χ4n) is 0.500. The van der Waals surface area contributed by atoms with Gasteiger partial charge in [0.2, 0.25) is 0 Å². The maximum absolute atomic E-state index is 5.35. The molecule has 0 unspecified atom stereocenters. The van der Waals surface area contributed by atoms with E-state index in [0.717, 1.165) is 0 Å². The summed E-state index contributed by atoms with van der Waals surface area (Å²) in [4.78, 5) is 0. The van der Waals surface area contributed by atoms with Crippen molar-refractivity contribution in [2.75, 3.05) is 0 Å². The third-order valence-electron chi connectivity index (χ3n) is 0.957. The fourth-order valence-corrected chi connectivity index (χ4v) is 0.500. The van der Waals surface area contributed by atoms with Crippen LogP contribution >= 0.6 is 0 Å². The van der Waals surface area contributed by atoms with Crippen LogP contribution in [0.4, 0.5) is 0 Å². The molecule has 0 saturated carbocycles. The third kappa shape index (κ3) is 151. The smallest absolute Gasteiger partial charge is 0.00686 e. The molecular weight excluding hydrogens is 158 g/mol. The van der Waals surface area contributed by atoms with Gasteiger partial charge >= 0.3 is 0 Å². The molecule has 2 N–H and O–H groups in total. The molecule has 1 nitrogen and oxygen atoms in total. The van der Waals surface area contributed by atoms with Crippen LogP contribution in [0.15, 0.2) is 13.2 Å². The molecule has 0 aromatic carbocycles. The van der Waals surface area contributed by atoms with Gasteiger partial charge in [-0.05, 0) is 20.8 Å². The van der Waals surface area contributed by atoms with Crippen LogP contribution in [0.1, 0.15) is 60.3 Å². The number of nitrogens with two attached hydrogens (primary N) is 1. The van der Waals surface area contributed by atoms with E-state index in [1.807, 2.05) is 20.8 Å². The molecule has 0 rings (SSSR count). The first-order chi connectivity index (χ1) is 5.91. The standard InChI is InChI=1S/C6H14.C4H11N.C2H4/c1-3-5-6-4-2;1-4(2,3)5;1-2/h3-6H2,1-2H3;5H2,1-3H3;1-2H2. The molecule has 0 bridgehead atoms. The Kier molecular flexibility index (Phi) is 20.2. The quantitative estimate of drug-likeness (QED) is 0.522. The van der Waals surface area contributed by atoms with Gasteiger partial charge in [0.15, 0.2) is 0 Å². The minimum absolute atomic E-state index is 0. The highest BCUT2D eigenvalue weighted by molar-refractivity contribution is 4.60. The molecule has 0 radical (unpaired) electrons. The van der Waals surface area contributed by atoms with E-state index in [1.165, 1.54) is 25.7 Å². The van der Waals surface area contributed by atoms with Crippen molar-refractivity contribution in [3.8, 4) is 0 Å². The van der Waals surface area contributed by atoms with Gasteiger partial charge in [-0.1, -0.05) is 39.5 Å². The minimum Gasteiger partial charge on any atom is -0.326 e. The Hall–Kier alpha value is -0.300. The lowest BCUT2D eigenvalue weighted by molar-refractivity contribution is 0.580. The van der Waals surface area contributed by atoms with Crippen LogP contribution in [0.5, 0.6) is 0 Å². The molecule has 0 aromatic rings. The predicted molar refractivity (Wildman–Crippen MR) is 65.0 cm³/mol. The first-order valence-corrected chi connectivity index (χ1v) is 5.20.